The molecule has 0 bridgehead atoms. The van der Waals surface area contributed by atoms with Crippen molar-refractivity contribution in [2.45, 2.75) is 24.0 Å². The highest BCUT2D eigenvalue weighted by Crippen LogP contribution is 2.26. The summed E-state index contributed by atoms with van der Waals surface area (Å²) >= 11 is 0. The molecule has 1 saturated heterocycles. The highest BCUT2D eigenvalue weighted by Gasteiger charge is 2.37. The third-order valence-electron chi connectivity index (χ3n) is 3.45. The predicted octanol–water partition coefficient (Wildman–Crippen LogP) is 1.00. The van der Waals surface area contributed by atoms with Crippen LogP contribution in [-0.2, 0) is 18.5 Å². The molecule has 1 aromatic heterocycles. The van der Waals surface area contributed by atoms with Crippen molar-refractivity contribution in [2.24, 2.45) is 0 Å². The highest BCUT2D eigenvalue weighted by atomic mass is 35.7. The molecule has 1 amide bonds. The molecular weight excluding hydrogens is 322 g/mol. The van der Waals surface area contributed by atoms with Crippen molar-refractivity contribution in [1.82, 2.24) is 4.90 Å². The molecule has 1 aliphatic heterocycles. The lowest BCUT2D eigenvalue weighted by Crippen LogP contribution is -2.29. The molecular formula is C12H16ClNO6S. The van der Waals surface area contributed by atoms with E-state index in [1.54, 1.807) is 14.2 Å². The second-order valence-electron chi connectivity index (χ2n) is 4.73. The van der Waals surface area contributed by atoms with E-state index in [2.05, 4.69) is 0 Å². The number of aryl methyl sites for hydroxylation is 1. The summed E-state index contributed by atoms with van der Waals surface area (Å²) < 4.78 is 38.4. The van der Waals surface area contributed by atoms with Crippen LogP contribution >= 0.6 is 10.7 Å². The lowest BCUT2D eigenvalue weighted by atomic mass is 10.3. The Labute approximate surface area is 127 Å². The van der Waals surface area contributed by atoms with Gasteiger partial charge in [0.25, 0.3) is 15.0 Å². The van der Waals surface area contributed by atoms with Crippen LogP contribution in [0, 0.1) is 6.92 Å². The standard InChI is InChI=1S/C12H16ClNO6S/c1-7-11(21(13,16)17)4-8(20-7)12(15)14-5-9(18-2)10(6-14)19-3/h4,9-10H,5-6H2,1-3H3. The Morgan fingerprint density at radius 3 is 2.24 bits per heavy atom. The van der Waals surface area contributed by atoms with Crippen molar-refractivity contribution in [3.05, 3.63) is 17.6 Å². The minimum absolute atomic E-state index is 0.0710. The fourth-order valence-corrected chi connectivity index (χ4v) is 3.42. The van der Waals surface area contributed by atoms with Crippen LogP contribution in [0.25, 0.3) is 0 Å². The van der Waals surface area contributed by atoms with E-state index in [1.165, 1.54) is 11.8 Å². The Bertz CT molecular complexity index is 628. The number of rotatable bonds is 4. The van der Waals surface area contributed by atoms with Gasteiger partial charge in [0.1, 0.15) is 22.9 Å². The summed E-state index contributed by atoms with van der Waals surface area (Å²) in [5.41, 5.74) is 0. The molecule has 1 fully saturated rings. The molecule has 0 aromatic carbocycles. The number of likely N-dealkylation sites (tertiary alicyclic amines) is 1. The lowest BCUT2D eigenvalue weighted by molar-refractivity contribution is -0.00461. The maximum absolute atomic E-state index is 12.3. The van der Waals surface area contributed by atoms with Crippen molar-refractivity contribution in [2.75, 3.05) is 27.3 Å². The molecule has 7 nitrogen and oxygen atoms in total. The van der Waals surface area contributed by atoms with Crippen LogP contribution in [0.5, 0.6) is 0 Å². The van der Waals surface area contributed by atoms with Gasteiger partial charge in [0, 0.05) is 44.1 Å². The first kappa shape index (κ1) is 16.3. The van der Waals surface area contributed by atoms with Crippen molar-refractivity contribution < 1.29 is 27.1 Å². The molecule has 2 rings (SSSR count). The summed E-state index contributed by atoms with van der Waals surface area (Å²) in [6.07, 6.45) is -0.461. The van der Waals surface area contributed by atoms with Crippen LogP contribution in [0.1, 0.15) is 16.3 Å². The Morgan fingerprint density at radius 1 is 1.33 bits per heavy atom. The molecule has 2 heterocycles. The van der Waals surface area contributed by atoms with E-state index in [4.69, 9.17) is 24.6 Å². The van der Waals surface area contributed by atoms with Crippen LogP contribution in [0.15, 0.2) is 15.4 Å². The Kier molecular flexibility index (Phi) is 4.62. The molecule has 9 heteroatoms. The summed E-state index contributed by atoms with van der Waals surface area (Å²) in [5, 5.41) is 0. The maximum atomic E-state index is 12.3. The zero-order valence-corrected chi connectivity index (χ0v) is 13.4. The van der Waals surface area contributed by atoms with E-state index in [0.29, 0.717) is 13.1 Å². The van der Waals surface area contributed by atoms with E-state index in [0.717, 1.165) is 6.07 Å². The van der Waals surface area contributed by atoms with Crippen LogP contribution in [-0.4, -0.2) is 58.7 Å². The molecule has 0 radical (unpaired) electrons. The summed E-state index contributed by atoms with van der Waals surface area (Å²) in [7, 11) is 4.42. The van der Waals surface area contributed by atoms with E-state index in [9.17, 15) is 13.2 Å². The number of carbonyl (C=O) groups excluding carboxylic acids is 1. The van der Waals surface area contributed by atoms with E-state index in [1.807, 2.05) is 0 Å². The zero-order chi connectivity index (χ0) is 15.8. The molecule has 2 atom stereocenters. The van der Waals surface area contributed by atoms with Gasteiger partial charge in [0.15, 0.2) is 5.76 Å². The van der Waals surface area contributed by atoms with Crippen molar-refractivity contribution in [1.29, 1.82) is 0 Å². The quantitative estimate of drug-likeness (QED) is 0.762. The average molecular weight is 338 g/mol. The fourth-order valence-electron chi connectivity index (χ4n) is 2.33. The fraction of sp³-hybridized carbons (Fsp3) is 0.583. The van der Waals surface area contributed by atoms with Crippen LogP contribution in [0.4, 0.5) is 0 Å². The van der Waals surface area contributed by atoms with Gasteiger partial charge in [0.05, 0.1) is 0 Å². The molecule has 118 valence electrons. The normalized spacial score (nSPS) is 22.8. The molecule has 0 aliphatic carbocycles. The molecule has 1 aliphatic rings. The van der Waals surface area contributed by atoms with Gasteiger partial charge >= 0.3 is 0 Å². The zero-order valence-electron chi connectivity index (χ0n) is 11.8. The Morgan fingerprint density at radius 2 is 1.86 bits per heavy atom. The monoisotopic (exact) mass is 337 g/mol. The van der Waals surface area contributed by atoms with E-state index >= 15 is 0 Å². The van der Waals surface area contributed by atoms with Gasteiger partial charge in [-0.15, -0.1) is 0 Å². The maximum Gasteiger partial charge on any atom is 0.289 e. The second kappa shape index (κ2) is 5.96. The lowest BCUT2D eigenvalue weighted by Gasteiger charge is -2.13. The number of methoxy groups -OCH3 is 2. The smallest absolute Gasteiger partial charge is 0.289 e. The van der Waals surface area contributed by atoms with Gasteiger partial charge in [-0.25, -0.2) is 8.42 Å². The summed E-state index contributed by atoms with van der Waals surface area (Å²) in [6, 6.07) is 1.14. The molecule has 2 unspecified atom stereocenters. The average Bonchev–Trinajstić information content (AvgIpc) is 3.00. The summed E-state index contributed by atoms with van der Waals surface area (Å²) in [6.45, 7) is 2.12. The Balaban J connectivity index is 2.22. The topological polar surface area (TPSA) is 86.0 Å². The third-order valence-corrected chi connectivity index (χ3v) is 4.88. The van der Waals surface area contributed by atoms with Crippen LogP contribution < -0.4 is 0 Å². The van der Waals surface area contributed by atoms with Crippen molar-refractivity contribution >= 4 is 25.6 Å². The van der Waals surface area contributed by atoms with Gasteiger partial charge in [-0.3, -0.25) is 4.79 Å². The number of ether oxygens (including phenoxy) is 2. The Hall–Kier alpha value is -1.09. The summed E-state index contributed by atoms with van der Waals surface area (Å²) in [5.74, 6) is -0.413. The SMILES string of the molecule is COC1CN(C(=O)c2cc(S(=O)(=O)Cl)c(C)o2)CC1OC. The second-order valence-corrected chi connectivity index (χ2v) is 7.26. The van der Waals surface area contributed by atoms with Crippen molar-refractivity contribution in [3.8, 4) is 0 Å². The largest absolute Gasteiger partial charge is 0.455 e. The first-order chi connectivity index (χ1) is 9.77. The van der Waals surface area contributed by atoms with Gasteiger partial charge in [-0.1, -0.05) is 0 Å². The number of halogens is 1. The minimum Gasteiger partial charge on any atom is -0.455 e. The molecule has 0 N–H and O–H groups in total. The minimum atomic E-state index is -3.94. The number of carbonyl (C=O) groups is 1. The van der Waals surface area contributed by atoms with E-state index < -0.39 is 15.0 Å². The predicted molar refractivity (Wildman–Crippen MR) is 74.0 cm³/mol. The third kappa shape index (κ3) is 3.23. The van der Waals surface area contributed by atoms with E-state index in [-0.39, 0.29) is 28.6 Å². The summed E-state index contributed by atoms with van der Waals surface area (Å²) in [4.78, 5) is 13.6. The van der Waals surface area contributed by atoms with Crippen LogP contribution in [0.3, 0.4) is 0 Å². The number of nitrogens with zero attached hydrogens (tertiary/aromatic N) is 1. The highest BCUT2D eigenvalue weighted by molar-refractivity contribution is 8.13. The number of furan rings is 1. The molecule has 21 heavy (non-hydrogen) atoms. The first-order valence-corrected chi connectivity index (χ1v) is 8.48. The van der Waals surface area contributed by atoms with Crippen molar-refractivity contribution in [3.63, 3.8) is 0 Å². The number of hydrogen-bond donors (Lipinski definition) is 0. The van der Waals surface area contributed by atoms with Gasteiger partial charge < -0.3 is 18.8 Å². The molecule has 0 spiro atoms. The number of hydrogen-bond acceptors (Lipinski definition) is 6. The van der Waals surface area contributed by atoms with Crippen LogP contribution in [0.2, 0.25) is 0 Å². The molecule has 0 saturated carbocycles. The first-order valence-electron chi connectivity index (χ1n) is 6.18. The van der Waals surface area contributed by atoms with Gasteiger partial charge in [-0.05, 0) is 6.92 Å². The van der Waals surface area contributed by atoms with Gasteiger partial charge in [0.2, 0.25) is 0 Å². The van der Waals surface area contributed by atoms with Gasteiger partial charge in [-0.2, -0.15) is 0 Å². The number of amides is 1. The molecule has 1 aromatic rings.